The Morgan fingerprint density at radius 1 is 1.25 bits per heavy atom. The summed E-state index contributed by atoms with van der Waals surface area (Å²) in [4.78, 5) is 0. The first kappa shape index (κ1) is 15.0. The van der Waals surface area contributed by atoms with Crippen LogP contribution in [0.4, 0.5) is 0 Å². The molecule has 0 radical (unpaired) electrons. The van der Waals surface area contributed by atoms with Gasteiger partial charge in [-0.3, -0.25) is 0 Å². The Kier molecular flexibility index (Phi) is 4.42. The van der Waals surface area contributed by atoms with E-state index in [2.05, 4.69) is 33.8 Å². The predicted molar refractivity (Wildman–Crippen MR) is 83.5 cm³/mol. The zero-order valence-electron chi connectivity index (χ0n) is 13.1. The summed E-state index contributed by atoms with van der Waals surface area (Å²) < 4.78 is 5.96. The van der Waals surface area contributed by atoms with Crippen molar-refractivity contribution in [2.24, 2.45) is 5.41 Å². The minimum Gasteiger partial charge on any atom is -0.512 e. The van der Waals surface area contributed by atoms with Gasteiger partial charge in [0.2, 0.25) is 0 Å². The maximum Gasteiger partial charge on any atom is 0.105 e. The smallest absolute Gasteiger partial charge is 0.105 e. The van der Waals surface area contributed by atoms with Crippen molar-refractivity contribution in [2.45, 2.75) is 53.4 Å². The molecule has 0 spiro atoms. The monoisotopic (exact) mass is 274 g/mol. The van der Waals surface area contributed by atoms with E-state index in [4.69, 9.17) is 4.74 Å². The molecule has 0 saturated carbocycles. The van der Waals surface area contributed by atoms with Crippen molar-refractivity contribution in [1.82, 2.24) is 0 Å². The third kappa shape index (κ3) is 2.84. The van der Waals surface area contributed by atoms with Crippen LogP contribution in [0.5, 0.6) is 0 Å². The summed E-state index contributed by atoms with van der Waals surface area (Å²) in [5.41, 5.74) is 4.01. The predicted octanol–water partition coefficient (Wildman–Crippen LogP) is 5.21. The maximum absolute atomic E-state index is 9.67. The first-order chi connectivity index (χ1) is 9.46. The molecule has 2 rings (SSSR count). The molecule has 2 aliphatic rings. The maximum atomic E-state index is 9.67. The summed E-state index contributed by atoms with van der Waals surface area (Å²) in [6, 6.07) is 0. The van der Waals surface area contributed by atoms with E-state index in [9.17, 15) is 5.11 Å². The van der Waals surface area contributed by atoms with Gasteiger partial charge in [-0.1, -0.05) is 24.6 Å². The van der Waals surface area contributed by atoms with Gasteiger partial charge in [-0.05, 0) is 50.8 Å². The first-order valence-electron chi connectivity index (χ1n) is 7.58. The highest BCUT2D eigenvalue weighted by atomic mass is 16.5. The molecule has 0 bridgehead atoms. The number of rotatable bonds is 3. The molecule has 1 N–H and O–H groups in total. The van der Waals surface area contributed by atoms with E-state index in [-0.39, 0.29) is 5.41 Å². The van der Waals surface area contributed by atoms with E-state index in [1.807, 2.05) is 6.08 Å². The number of aliphatic hydroxyl groups is 1. The van der Waals surface area contributed by atoms with Gasteiger partial charge in [0.15, 0.2) is 0 Å². The highest BCUT2D eigenvalue weighted by Gasteiger charge is 2.34. The van der Waals surface area contributed by atoms with Crippen LogP contribution in [-0.2, 0) is 4.74 Å². The van der Waals surface area contributed by atoms with E-state index in [1.54, 1.807) is 6.08 Å². The highest BCUT2D eigenvalue weighted by Crippen LogP contribution is 2.44. The van der Waals surface area contributed by atoms with Gasteiger partial charge in [-0.2, -0.15) is 0 Å². The Morgan fingerprint density at radius 3 is 2.70 bits per heavy atom. The standard InChI is InChI=1S/C18H26O2/c1-5-14-11-12-20-17(14)18(3,4)16-8-6-7-15(19)10-9-13(16)2/h6-8,19H,5,9-12H2,1-4H3/b8-6-,15-7+,16-13?. The van der Waals surface area contributed by atoms with E-state index in [0.717, 1.165) is 38.0 Å². The summed E-state index contributed by atoms with van der Waals surface area (Å²) in [5, 5.41) is 9.67. The molecule has 1 heterocycles. The third-order valence-corrected chi connectivity index (χ3v) is 4.41. The molecule has 0 amide bonds. The van der Waals surface area contributed by atoms with Crippen molar-refractivity contribution < 1.29 is 9.84 Å². The van der Waals surface area contributed by atoms with Crippen LogP contribution in [0.15, 0.2) is 46.5 Å². The summed E-state index contributed by atoms with van der Waals surface area (Å²) in [6.07, 6.45) is 9.63. The number of hydrogen-bond acceptors (Lipinski definition) is 2. The van der Waals surface area contributed by atoms with Gasteiger partial charge in [-0.15, -0.1) is 0 Å². The van der Waals surface area contributed by atoms with Crippen LogP contribution in [0.3, 0.4) is 0 Å². The Balaban J connectivity index is 2.42. The molecule has 0 saturated heterocycles. The molecule has 0 aromatic heterocycles. The van der Waals surface area contributed by atoms with Crippen LogP contribution in [-0.4, -0.2) is 11.7 Å². The van der Waals surface area contributed by atoms with Crippen molar-refractivity contribution in [1.29, 1.82) is 0 Å². The number of allylic oxidation sites excluding steroid dienone is 6. The first-order valence-corrected chi connectivity index (χ1v) is 7.58. The Labute approximate surface area is 122 Å². The fourth-order valence-corrected chi connectivity index (χ4v) is 3.25. The molecule has 0 atom stereocenters. The van der Waals surface area contributed by atoms with Crippen LogP contribution in [0.1, 0.15) is 53.4 Å². The van der Waals surface area contributed by atoms with Crippen LogP contribution in [0.25, 0.3) is 0 Å². The lowest BCUT2D eigenvalue weighted by Gasteiger charge is -2.31. The largest absolute Gasteiger partial charge is 0.512 e. The second-order valence-electron chi connectivity index (χ2n) is 6.22. The fourth-order valence-electron chi connectivity index (χ4n) is 3.25. The van der Waals surface area contributed by atoms with Crippen molar-refractivity contribution in [3.8, 4) is 0 Å². The molecule has 2 heteroatoms. The van der Waals surface area contributed by atoms with Gasteiger partial charge in [0, 0.05) is 18.3 Å². The molecule has 0 aromatic rings. The fraction of sp³-hybridized carbons (Fsp3) is 0.556. The summed E-state index contributed by atoms with van der Waals surface area (Å²) in [7, 11) is 0. The average molecular weight is 274 g/mol. The second-order valence-corrected chi connectivity index (χ2v) is 6.22. The van der Waals surface area contributed by atoms with E-state index in [1.165, 1.54) is 16.7 Å². The van der Waals surface area contributed by atoms with Crippen molar-refractivity contribution in [2.75, 3.05) is 6.61 Å². The minimum atomic E-state index is -0.0940. The number of aliphatic hydroxyl groups excluding tert-OH is 1. The van der Waals surface area contributed by atoms with Gasteiger partial charge in [0.05, 0.1) is 12.4 Å². The zero-order chi connectivity index (χ0) is 14.8. The van der Waals surface area contributed by atoms with Crippen molar-refractivity contribution in [3.63, 3.8) is 0 Å². The van der Waals surface area contributed by atoms with Gasteiger partial charge < -0.3 is 9.84 Å². The zero-order valence-corrected chi connectivity index (χ0v) is 13.1. The molecular formula is C18H26O2. The van der Waals surface area contributed by atoms with Crippen molar-refractivity contribution >= 4 is 0 Å². The number of ether oxygens (including phenoxy) is 1. The molecule has 0 unspecified atom stereocenters. The lowest BCUT2D eigenvalue weighted by Crippen LogP contribution is -2.20. The van der Waals surface area contributed by atoms with Crippen LogP contribution < -0.4 is 0 Å². The van der Waals surface area contributed by atoms with Gasteiger partial charge >= 0.3 is 0 Å². The van der Waals surface area contributed by atoms with Crippen LogP contribution in [0, 0.1) is 5.41 Å². The SMILES string of the molecule is CCC1=C(C(C)(C)C2=C(C)CC/C(O)=C\C=C/2)OCC1. The lowest BCUT2D eigenvalue weighted by molar-refractivity contribution is 0.187. The Morgan fingerprint density at radius 2 is 2.00 bits per heavy atom. The quantitative estimate of drug-likeness (QED) is 0.766. The molecule has 1 aliphatic carbocycles. The summed E-state index contributed by atoms with van der Waals surface area (Å²) >= 11 is 0. The molecular weight excluding hydrogens is 248 g/mol. The average Bonchev–Trinajstić information content (AvgIpc) is 2.88. The molecule has 110 valence electrons. The Bertz CT molecular complexity index is 502. The van der Waals surface area contributed by atoms with E-state index >= 15 is 0 Å². The van der Waals surface area contributed by atoms with Gasteiger partial charge in [0.25, 0.3) is 0 Å². The topological polar surface area (TPSA) is 29.5 Å². The lowest BCUT2D eigenvalue weighted by atomic mass is 9.76. The second kappa shape index (κ2) is 5.90. The summed E-state index contributed by atoms with van der Waals surface area (Å²) in [6.45, 7) is 9.69. The van der Waals surface area contributed by atoms with E-state index in [0.29, 0.717) is 5.76 Å². The highest BCUT2D eigenvalue weighted by molar-refractivity contribution is 5.41. The Hall–Kier alpha value is -1.44. The molecule has 0 fully saturated rings. The molecule has 1 aliphatic heterocycles. The number of hydrogen-bond donors (Lipinski definition) is 1. The van der Waals surface area contributed by atoms with Crippen molar-refractivity contribution in [3.05, 3.63) is 46.5 Å². The molecule has 0 aromatic carbocycles. The molecule has 20 heavy (non-hydrogen) atoms. The van der Waals surface area contributed by atoms with Crippen LogP contribution >= 0.6 is 0 Å². The normalized spacial score (nSPS) is 24.9. The summed E-state index contributed by atoms with van der Waals surface area (Å²) in [5.74, 6) is 1.62. The third-order valence-electron chi connectivity index (χ3n) is 4.41. The van der Waals surface area contributed by atoms with E-state index < -0.39 is 0 Å². The molecule has 2 nitrogen and oxygen atoms in total. The minimum absolute atomic E-state index is 0.0940. The van der Waals surface area contributed by atoms with Crippen LogP contribution in [0.2, 0.25) is 0 Å². The van der Waals surface area contributed by atoms with Gasteiger partial charge in [-0.25, -0.2) is 0 Å². The van der Waals surface area contributed by atoms with Gasteiger partial charge in [0.1, 0.15) is 5.76 Å².